The Morgan fingerprint density at radius 3 is 2.57 bits per heavy atom. The van der Waals surface area contributed by atoms with Gasteiger partial charge in [-0.1, -0.05) is 0 Å². The van der Waals surface area contributed by atoms with E-state index in [1.165, 1.54) is 0 Å². The number of nitrogens with two attached hydrogens (primary N) is 1. The summed E-state index contributed by atoms with van der Waals surface area (Å²) >= 11 is 0. The minimum absolute atomic E-state index is 0.0291. The van der Waals surface area contributed by atoms with Crippen molar-refractivity contribution in [1.29, 1.82) is 0 Å². The van der Waals surface area contributed by atoms with Crippen LogP contribution in [0.4, 0.5) is 0 Å². The molecule has 2 amide bonds. The summed E-state index contributed by atoms with van der Waals surface area (Å²) in [6.45, 7) is 0. The minimum Gasteiger partial charge on any atom is -0.373 e. The Morgan fingerprint density at radius 2 is 2.07 bits per heavy atom. The first-order valence-electron chi connectivity index (χ1n) is 4.67. The number of carbonyl (C=O) groups excluding carboxylic acids is 2. The molecule has 14 heavy (non-hydrogen) atoms. The van der Waals surface area contributed by atoms with Crippen LogP contribution in [0.1, 0.15) is 19.3 Å². The summed E-state index contributed by atoms with van der Waals surface area (Å²) in [6.07, 6.45) is 3.15. The molecule has 2 aliphatic heterocycles. The molecule has 0 aromatic carbocycles. The van der Waals surface area contributed by atoms with Gasteiger partial charge in [-0.15, -0.1) is 0 Å². The van der Waals surface area contributed by atoms with Crippen LogP contribution in [0.15, 0.2) is 0 Å². The summed E-state index contributed by atoms with van der Waals surface area (Å²) < 4.78 is 5.52. The summed E-state index contributed by atoms with van der Waals surface area (Å²) in [5.41, 5.74) is 1.79. The van der Waals surface area contributed by atoms with Crippen LogP contribution in [0.2, 0.25) is 0 Å². The van der Waals surface area contributed by atoms with Gasteiger partial charge in [-0.3, -0.25) is 15.0 Å². The van der Waals surface area contributed by atoms with E-state index in [2.05, 4.69) is 5.32 Å². The van der Waals surface area contributed by atoms with E-state index in [0.717, 1.165) is 19.3 Å². The van der Waals surface area contributed by atoms with Crippen molar-refractivity contribution in [2.24, 2.45) is 5.84 Å². The molecule has 0 spiro atoms. The van der Waals surface area contributed by atoms with E-state index < -0.39 is 11.8 Å². The smallest absolute Gasteiger partial charge is 0.323 e. The van der Waals surface area contributed by atoms with Gasteiger partial charge >= 0.3 is 11.8 Å². The fraction of sp³-hybridized carbons (Fsp3) is 0.750. The van der Waals surface area contributed by atoms with E-state index in [9.17, 15) is 9.59 Å². The van der Waals surface area contributed by atoms with Crippen molar-refractivity contribution in [3.05, 3.63) is 0 Å². The highest BCUT2D eigenvalue weighted by Crippen LogP contribution is 2.34. The van der Waals surface area contributed by atoms with Crippen LogP contribution in [0.3, 0.4) is 0 Å². The molecule has 2 saturated heterocycles. The van der Waals surface area contributed by atoms with E-state index in [-0.39, 0.29) is 18.2 Å². The molecular weight excluding hydrogens is 186 g/mol. The molecule has 2 rings (SSSR count). The van der Waals surface area contributed by atoms with Gasteiger partial charge in [0.2, 0.25) is 0 Å². The normalized spacial score (nSPS) is 34.2. The van der Waals surface area contributed by atoms with Gasteiger partial charge in [-0.25, -0.2) is 5.84 Å². The molecule has 3 atom stereocenters. The summed E-state index contributed by atoms with van der Waals surface area (Å²) in [7, 11) is 0. The van der Waals surface area contributed by atoms with Crippen molar-refractivity contribution in [1.82, 2.24) is 10.7 Å². The van der Waals surface area contributed by atoms with Gasteiger partial charge in [0.1, 0.15) is 0 Å². The van der Waals surface area contributed by atoms with Gasteiger partial charge < -0.3 is 10.1 Å². The van der Waals surface area contributed by atoms with Gasteiger partial charge in [-0.05, 0) is 19.3 Å². The monoisotopic (exact) mass is 199 g/mol. The average Bonchev–Trinajstić information content (AvgIpc) is 2.77. The molecule has 3 unspecified atom stereocenters. The van der Waals surface area contributed by atoms with Crippen molar-refractivity contribution in [3.8, 4) is 0 Å². The lowest BCUT2D eigenvalue weighted by atomic mass is 9.95. The number of carbonyl (C=O) groups is 2. The van der Waals surface area contributed by atoms with Gasteiger partial charge in [0.15, 0.2) is 0 Å². The van der Waals surface area contributed by atoms with Crippen LogP contribution >= 0.6 is 0 Å². The van der Waals surface area contributed by atoms with Gasteiger partial charge in [0.25, 0.3) is 0 Å². The molecule has 0 aliphatic carbocycles. The fourth-order valence-corrected chi connectivity index (χ4v) is 2.09. The third kappa shape index (κ3) is 1.58. The lowest BCUT2D eigenvalue weighted by molar-refractivity contribution is -0.139. The quantitative estimate of drug-likeness (QED) is 0.205. The Morgan fingerprint density at radius 1 is 1.29 bits per heavy atom. The van der Waals surface area contributed by atoms with Crippen molar-refractivity contribution >= 4 is 11.8 Å². The summed E-state index contributed by atoms with van der Waals surface area (Å²) in [5, 5.41) is 2.60. The molecule has 2 heterocycles. The van der Waals surface area contributed by atoms with Crippen molar-refractivity contribution in [3.63, 3.8) is 0 Å². The number of amides is 2. The molecule has 0 aromatic rings. The van der Waals surface area contributed by atoms with Crippen LogP contribution < -0.4 is 16.6 Å². The Hall–Kier alpha value is -1.14. The second-order valence-electron chi connectivity index (χ2n) is 3.66. The van der Waals surface area contributed by atoms with Crippen molar-refractivity contribution in [2.75, 3.05) is 0 Å². The van der Waals surface area contributed by atoms with Crippen LogP contribution in [0, 0.1) is 0 Å². The molecule has 0 saturated carbocycles. The lowest BCUT2D eigenvalue weighted by Gasteiger charge is -2.19. The number of hydrogen-bond acceptors (Lipinski definition) is 4. The van der Waals surface area contributed by atoms with E-state index in [4.69, 9.17) is 10.6 Å². The zero-order valence-corrected chi connectivity index (χ0v) is 7.66. The highest BCUT2D eigenvalue weighted by molar-refractivity contribution is 6.34. The first kappa shape index (κ1) is 9.42. The third-order valence-corrected chi connectivity index (χ3v) is 2.76. The largest absolute Gasteiger partial charge is 0.373 e. The standard InChI is InChI=1S/C8H13N3O3/c9-11-8(13)7(12)10-5-3-4-1-2-6(5)14-4/h4-6H,1-3,9H2,(H,10,12)(H,11,13). The Kier molecular flexibility index (Phi) is 2.39. The molecule has 2 fully saturated rings. The SMILES string of the molecule is NNC(=O)C(=O)NC1CC2CCC1O2. The van der Waals surface area contributed by atoms with Gasteiger partial charge in [-0.2, -0.15) is 0 Å². The number of hydrogen-bond donors (Lipinski definition) is 3. The number of fused-ring (bicyclic) bond motifs is 2. The third-order valence-electron chi connectivity index (χ3n) is 2.76. The Labute approximate surface area is 81.1 Å². The molecule has 0 radical (unpaired) electrons. The number of ether oxygens (including phenoxy) is 1. The summed E-state index contributed by atoms with van der Waals surface area (Å²) in [5.74, 6) is 3.33. The first-order valence-corrected chi connectivity index (χ1v) is 4.67. The molecule has 0 aromatic heterocycles. The van der Waals surface area contributed by atoms with Gasteiger partial charge in [0.05, 0.1) is 18.2 Å². The highest BCUT2D eigenvalue weighted by atomic mass is 16.5. The summed E-state index contributed by atoms with van der Waals surface area (Å²) in [4.78, 5) is 22.0. The van der Waals surface area contributed by atoms with Crippen molar-refractivity contribution < 1.29 is 14.3 Å². The number of hydrazine groups is 1. The molecule has 2 bridgehead atoms. The number of nitrogens with one attached hydrogen (secondary N) is 2. The van der Waals surface area contributed by atoms with Gasteiger partial charge in [0, 0.05) is 0 Å². The Bertz CT molecular complexity index is 269. The molecule has 6 heteroatoms. The topological polar surface area (TPSA) is 93.5 Å². The highest BCUT2D eigenvalue weighted by Gasteiger charge is 2.41. The van der Waals surface area contributed by atoms with Crippen LogP contribution in [0.25, 0.3) is 0 Å². The van der Waals surface area contributed by atoms with Crippen LogP contribution in [0.5, 0.6) is 0 Å². The molecule has 2 aliphatic rings. The first-order chi connectivity index (χ1) is 6.70. The maximum absolute atomic E-state index is 11.1. The Balaban J connectivity index is 1.87. The maximum atomic E-state index is 11.1. The lowest BCUT2D eigenvalue weighted by Crippen LogP contribution is -2.49. The maximum Gasteiger partial charge on any atom is 0.323 e. The molecule has 78 valence electrons. The van der Waals surface area contributed by atoms with E-state index in [1.54, 1.807) is 5.43 Å². The van der Waals surface area contributed by atoms with Crippen molar-refractivity contribution in [2.45, 2.75) is 37.5 Å². The van der Waals surface area contributed by atoms with Crippen LogP contribution in [-0.2, 0) is 14.3 Å². The summed E-state index contributed by atoms with van der Waals surface area (Å²) in [6, 6.07) is -0.0291. The fourth-order valence-electron chi connectivity index (χ4n) is 2.09. The predicted molar refractivity (Wildman–Crippen MR) is 46.8 cm³/mol. The molecule has 6 nitrogen and oxygen atoms in total. The minimum atomic E-state index is -0.812. The average molecular weight is 199 g/mol. The predicted octanol–water partition coefficient (Wildman–Crippen LogP) is -1.59. The van der Waals surface area contributed by atoms with E-state index >= 15 is 0 Å². The molecule has 4 N–H and O–H groups in total. The van der Waals surface area contributed by atoms with E-state index in [0.29, 0.717) is 0 Å². The van der Waals surface area contributed by atoms with Crippen LogP contribution in [-0.4, -0.2) is 30.1 Å². The second kappa shape index (κ2) is 3.55. The number of rotatable bonds is 1. The molecular formula is C8H13N3O3. The zero-order chi connectivity index (χ0) is 10.1. The van der Waals surface area contributed by atoms with E-state index in [1.807, 2.05) is 0 Å². The zero-order valence-electron chi connectivity index (χ0n) is 7.66. The second-order valence-corrected chi connectivity index (χ2v) is 3.66.